The topological polar surface area (TPSA) is 49.7 Å². The molecular weight excluding hydrogens is 284 g/mol. The fraction of sp³-hybridized carbons (Fsp3) is 0.188. The van der Waals surface area contributed by atoms with Gasteiger partial charge in [0.15, 0.2) is 0 Å². The van der Waals surface area contributed by atoms with Crippen molar-refractivity contribution >= 4 is 16.2 Å². The number of hydrogen-bond donors (Lipinski definition) is 0. The second kappa shape index (κ2) is 5.33. The van der Waals surface area contributed by atoms with Crippen molar-refractivity contribution in [3.8, 4) is 0 Å². The van der Waals surface area contributed by atoms with Crippen LogP contribution in [0.15, 0.2) is 64.6 Å². The van der Waals surface area contributed by atoms with Crippen LogP contribution in [-0.2, 0) is 10.0 Å². The number of nitrogens with zero attached hydrogens (tertiary/aromatic N) is 2. The molecule has 0 amide bonds. The summed E-state index contributed by atoms with van der Waals surface area (Å²) >= 11 is 0. The zero-order valence-electron chi connectivity index (χ0n) is 11.7. The van der Waals surface area contributed by atoms with E-state index in [1.165, 1.54) is 4.41 Å². The number of sulfonamides is 1. The molecule has 0 fully saturated rings. The standard InChI is InChI=1S/C16H16N2O2S/c1-13-7-9-15(10-8-13)21(19,20)18-16(11-12-17-18)14-5-3-2-4-6-14/h2-10,12,16H,11H2,1H3/t16-/m0/s1. The molecule has 1 aliphatic rings. The Kier molecular flexibility index (Phi) is 3.51. The van der Waals surface area contributed by atoms with Crippen LogP contribution in [0.3, 0.4) is 0 Å². The van der Waals surface area contributed by atoms with Crippen molar-refractivity contribution in [3.05, 3.63) is 65.7 Å². The van der Waals surface area contributed by atoms with E-state index in [1.807, 2.05) is 37.3 Å². The van der Waals surface area contributed by atoms with Crippen molar-refractivity contribution in [2.45, 2.75) is 24.3 Å². The van der Waals surface area contributed by atoms with Crippen molar-refractivity contribution < 1.29 is 8.42 Å². The van der Waals surface area contributed by atoms with E-state index in [0.717, 1.165) is 11.1 Å². The highest BCUT2D eigenvalue weighted by atomic mass is 32.2. The predicted octanol–water partition coefficient (Wildman–Crippen LogP) is 3.12. The van der Waals surface area contributed by atoms with Gasteiger partial charge in [-0.25, -0.2) is 0 Å². The van der Waals surface area contributed by atoms with Crippen molar-refractivity contribution in [2.75, 3.05) is 0 Å². The molecule has 0 radical (unpaired) electrons. The summed E-state index contributed by atoms with van der Waals surface area (Å²) in [5.41, 5.74) is 1.98. The molecule has 4 nitrogen and oxygen atoms in total. The third-order valence-electron chi connectivity index (χ3n) is 3.54. The summed E-state index contributed by atoms with van der Waals surface area (Å²) < 4.78 is 26.7. The van der Waals surface area contributed by atoms with E-state index in [9.17, 15) is 8.42 Å². The molecule has 1 heterocycles. The van der Waals surface area contributed by atoms with Crippen molar-refractivity contribution in [3.63, 3.8) is 0 Å². The van der Waals surface area contributed by atoms with Gasteiger partial charge in [0.1, 0.15) is 0 Å². The molecule has 0 saturated heterocycles. The van der Waals surface area contributed by atoms with Gasteiger partial charge >= 0.3 is 0 Å². The first kappa shape index (κ1) is 13.8. The Morgan fingerprint density at radius 2 is 1.71 bits per heavy atom. The maximum Gasteiger partial charge on any atom is 0.279 e. The van der Waals surface area contributed by atoms with Crippen LogP contribution in [0, 0.1) is 6.92 Å². The second-order valence-electron chi connectivity index (χ2n) is 5.05. The first-order chi connectivity index (χ1) is 10.1. The fourth-order valence-electron chi connectivity index (χ4n) is 2.38. The van der Waals surface area contributed by atoms with Gasteiger partial charge in [-0.2, -0.15) is 17.9 Å². The maximum atomic E-state index is 12.7. The first-order valence-electron chi connectivity index (χ1n) is 6.77. The molecule has 0 unspecified atom stereocenters. The third kappa shape index (κ3) is 2.56. The molecule has 21 heavy (non-hydrogen) atoms. The van der Waals surface area contributed by atoms with E-state index in [2.05, 4.69) is 5.10 Å². The van der Waals surface area contributed by atoms with Crippen LogP contribution in [0.5, 0.6) is 0 Å². The van der Waals surface area contributed by atoms with Gasteiger partial charge in [-0.1, -0.05) is 48.0 Å². The number of benzene rings is 2. The lowest BCUT2D eigenvalue weighted by Crippen LogP contribution is -2.27. The Hall–Kier alpha value is -2.14. The van der Waals surface area contributed by atoms with Gasteiger partial charge in [0.05, 0.1) is 10.9 Å². The Balaban J connectivity index is 1.98. The highest BCUT2D eigenvalue weighted by Crippen LogP contribution is 2.33. The van der Waals surface area contributed by atoms with Gasteiger partial charge < -0.3 is 0 Å². The Labute approximate surface area is 124 Å². The number of hydrogen-bond acceptors (Lipinski definition) is 3. The lowest BCUT2D eigenvalue weighted by Gasteiger charge is -2.23. The molecule has 2 aromatic carbocycles. The highest BCUT2D eigenvalue weighted by Gasteiger charge is 2.33. The van der Waals surface area contributed by atoms with Gasteiger partial charge in [0, 0.05) is 12.6 Å². The second-order valence-corrected chi connectivity index (χ2v) is 6.85. The van der Waals surface area contributed by atoms with Crippen LogP contribution >= 0.6 is 0 Å². The smallest absolute Gasteiger partial charge is 0.200 e. The largest absolute Gasteiger partial charge is 0.279 e. The van der Waals surface area contributed by atoms with Crippen molar-refractivity contribution in [2.24, 2.45) is 5.10 Å². The van der Waals surface area contributed by atoms with Gasteiger partial charge in [-0.3, -0.25) is 0 Å². The molecule has 0 N–H and O–H groups in total. The van der Waals surface area contributed by atoms with E-state index in [4.69, 9.17) is 0 Å². The van der Waals surface area contributed by atoms with Gasteiger partial charge in [-0.05, 0) is 24.6 Å². The van der Waals surface area contributed by atoms with Gasteiger partial charge in [0.2, 0.25) is 0 Å². The lowest BCUT2D eigenvalue weighted by atomic mass is 10.1. The van der Waals surface area contributed by atoms with Crippen LogP contribution in [0.1, 0.15) is 23.6 Å². The summed E-state index contributed by atoms with van der Waals surface area (Å²) in [7, 11) is -3.62. The fourth-order valence-corrected chi connectivity index (χ4v) is 3.81. The maximum absolute atomic E-state index is 12.7. The Morgan fingerprint density at radius 3 is 2.38 bits per heavy atom. The zero-order valence-corrected chi connectivity index (χ0v) is 12.5. The minimum absolute atomic E-state index is 0.266. The first-order valence-corrected chi connectivity index (χ1v) is 8.21. The van der Waals surface area contributed by atoms with E-state index < -0.39 is 10.0 Å². The van der Waals surface area contributed by atoms with E-state index in [0.29, 0.717) is 6.42 Å². The molecule has 2 aromatic rings. The number of aryl methyl sites for hydroxylation is 1. The summed E-state index contributed by atoms with van der Waals surface area (Å²) in [6.07, 6.45) is 2.25. The summed E-state index contributed by atoms with van der Waals surface area (Å²) in [5.74, 6) is 0. The van der Waals surface area contributed by atoms with Crippen LogP contribution in [0.4, 0.5) is 0 Å². The van der Waals surface area contributed by atoms with Gasteiger partial charge in [0.25, 0.3) is 10.0 Å². The minimum atomic E-state index is -3.62. The van der Waals surface area contributed by atoms with E-state index >= 15 is 0 Å². The molecular formula is C16H16N2O2S. The number of rotatable bonds is 3. The molecule has 0 spiro atoms. The lowest BCUT2D eigenvalue weighted by molar-refractivity contribution is 0.371. The molecule has 5 heteroatoms. The average molecular weight is 300 g/mol. The SMILES string of the molecule is Cc1ccc(S(=O)(=O)N2N=CC[C@H]2c2ccccc2)cc1. The summed E-state index contributed by atoms with van der Waals surface area (Å²) in [6, 6.07) is 16.2. The molecule has 1 atom stereocenters. The van der Waals surface area contributed by atoms with Crippen LogP contribution < -0.4 is 0 Å². The monoisotopic (exact) mass is 300 g/mol. The summed E-state index contributed by atoms with van der Waals surface area (Å²) in [6.45, 7) is 1.93. The highest BCUT2D eigenvalue weighted by molar-refractivity contribution is 7.89. The minimum Gasteiger partial charge on any atom is -0.200 e. The van der Waals surface area contributed by atoms with E-state index in [1.54, 1.807) is 30.5 Å². The molecule has 1 aliphatic heterocycles. The van der Waals surface area contributed by atoms with Crippen LogP contribution in [0.25, 0.3) is 0 Å². The predicted molar refractivity (Wildman–Crippen MR) is 82.5 cm³/mol. The zero-order chi connectivity index (χ0) is 14.9. The molecule has 0 aliphatic carbocycles. The molecule has 0 bridgehead atoms. The summed E-state index contributed by atoms with van der Waals surface area (Å²) in [5, 5.41) is 4.08. The Bertz CT molecular complexity index is 753. The Morgan fingerprint density at radius 1 is 1.05 bits per heavy atom. The molecule has 0 aromatic heterocycles. The third-order valence-corrected chi connectivity index (χ3v) is 5.25. The number of hydrazone groups is 1. The molecule has 108 valence electrons. The van der Waals surface area contributed by atoms with Crippen molar-refractivity contribution in [1.29, 1.82) is 0 Å². The quantitative estimate of drug-likeness (QED) is 0.874. The molecule has 0 saturated carbocycles. The van der Waals surface area contributed by atoms with Crippen LogP contribution in [-0.4, -0.2) is 19.0 Å². The average Bonchev–Trinajstić information content (AvgIpc) is 2.99. The van der Waals surface area contributed by atoms with Crippen molar-refractivity contribution in [1.82, 2.24) is 4.41 Å². The summed E-state index contributed by atoms with van der Waals surface area (Å²) in [4.78, 5) is 0.271. The van der Waals surface area contributed by atoms with Crippen LogP contribution in [0.2, 0.25) is 0 Å². The molecule has 3 rings (SSSR count). The normalized spacial score (nSPS) is 18.1. The van der Waals surface area contributed by atoms with Gasteiger partial charge in [-0.15, -0.1) is 0 Å². The van der Waals surface area contributed by atoms with E-state index in [-0.39, 0.29) is 10.9 Å².